The highest BCUT2D eigenvalue weighted by Gasteiger charge is 2.42. The van der Waals surface area contributed by atoms with Gasteiger partial charge in [-0.25, -0.2) is 4.98 Å². The summed E-state index contributed by atoms with van der Waals surface area (Å²) in [5, 5.41) is 6.38. The van der Waals surface area contributed by atoms with Crippen LogP contribution in [0.3, 0.4) is 0 Å². The lowest BCUT2D eigenvalue weighted by Gasteiger charge is -2.40. The minimum atomic E-state index is -0.121. The lowest BCUT2D eigenvalue weighted by molar-refractivity contribution is 0.0923. The number of hydrogen-bond acceptors (Lipinski definition) is 7. The number of likely N-dealkylation sites (N-methyl/N-ethyl adjacent to an activating group) is 1. The maximum Gasteiger partial charge on any atom is 0.253 e. The van der Waals surface area contributed by atoms with Crippen LogP contribution in [0.5, 0.6) is 5.75 Å². The third-order valence-electron chi connectivity index (χ3n) is 9.37. The standard InChI is InChI=1S/C34H42N6O3/c1-23-29(8-6-10-31(23)43-3)34(42)37-26-19-27-12-13-28(20-26)40(27)32-14-11-25(22-35-32)33(41)36-21-24-7-4-5-9-30(24)39-17-15-38(2)16-18-39/h4-11,14,22,26-28H,12-13,15-21H2,1-3H3,(H,36,41)(H,37,42)/t26-,27+,28-. The van der Waals surface area contributed by atoms with Crippen LogP contribution in [0.1, 0.15) is 57.5 Å². The molecule has 3 aliphatic heterocycles. The molecule has 4 heterocycles. The summed E-state index contributed by atoms with van der Waals surface area (Å²) in [6.07, 6.45) is 5.59. The lowest BCUT2D eigenvalue weighted by Crippen LogP contribution is -2.50. The number of piperazine rings is 1. The van der Waals surface area contributed by atoms with Gasteiger partial charge in [-0.3, -0.25) is 9.59 Å². The van der Waals surface area contributed by atoms with E-state index in [0.717, 1.165) is 74.6 Å². The number of piperidine rings is 1. The van der Waals surface area contributed by atoms with Crippen molar-refractivity contribution < 1.29 is 14.3 Å². The average molecular weight is 583 g/mol. The van der Waals surface area contributed by atoms with Gasteiger partial charge in [0, 0.05) is 73.9 Å². The van der Waals surface area contributed by atoms with Gasteiger partial charge in [-0.2, -0.15) is 0 Å². The van der Waals surface area contributed by atoms with Crippen molar-refractivity contribution in [1.29, 1.82) is 0 Å². The smallest absolute Gasteiger partial charge is 0.253 e. The lowest BCUT2D eigenvalue weighted by atomic mass is 9.96. The number of fused-ring (bicyclic) bond motifs is 2. The second kappa shape index (κ2) is 12.6. The first-order chi connectivity index (χ1) is 20.9. The van der Waals surface area contributed by atoms with Crippen LogP contribution in [0.4, 0.5) is 11.5 Å². The van der Waals surface area contributed by atoms with Crippen molar-refractivity contribution in [2.45, 2.75) is 57.3 Å². The van der Waals surface area contributed by atoms with Crippen molar-refractivity contribution in [3.8, 4) is 5.75 Å². The molecule has 0 aliphatic carbocycles. The number of hydrogen-bond donors (Lipinski definition) is 2. The molecule has 3 fully saturated rings. The van der Waals surface area contributed by atoms with E-state index in [1.54, 1.807) is 13.3 Å². The van der Waals surface area contributed by atoms with E-state index in [0.29, 0.717) is 29.8 Å². The van der Waals surface area contributed by atoms with Gasteiger partial charge < -0.3 is 30.1 Å². The molecule has 6 rings (SSSR count). The third kappa shape index (κ3) is 6.18. The third-order valence-corrected chi connectivity index (χ3v) is 9.37. The molecule has 0 saturated carbocycles. The number of nitrogens with one attached hydrogen (secondary N) is 2. The number of carbonyl (C=O) groups is 2. The average Bonchev–Trinajstić information content (AvgIpc) is 3.30. The highest BCUT2D eigenvalue weighted by molar-refractivity contribution is 5.96. The molecule has 2 amide bonds. The number of anilines is 2. The minimum Gasteiger partial charge on any atom is -0.496 e. The van der Waals surface area contributed by atoms with Crippen molar-refractivity contribution in [1.82, 2.24) is 20.5 Å². The number of methoxy groups -OCH3 is 1. The Bertz CT molecular complexity index is 1440. The Balaban J connectivity index is 1.05. The quantitative estimate of drug-likeness (QED) is 0.415. The highest BCUT2D eigenvalue weighted by Crippen LogP contribution is 2.38. The number of rotatable bonds is 8. The van der Waals surface area contributed by atoms with Gasteiger partial charge in [-0.15, -0.1) is 0 Å². The van der Waals surface area contributed by atoms with Gasteiger partial charge in [-0.1, -0.05) is 24.3 Å². The molecular formula is C34H42N6O3. The Labute approximate surface area is 254 Å². The zero-order chi connectivity index (χ0) is 29.9. The molecule has 0 unspecified atom stereocenters. The number of pyridine rings is 1. The van der Waals surface area contributed by atoms with Crippen LogP contribution >= 0.6 is 0 Å². The monoisotopic (exact) mass is 582 g/mol. The Morgan fingerprint density at radius 1 is 0.930 bits per heavy atom. The Morgan fingerprint density at radius 3 is 2.37 bits per heavy atom. The Morgan fingerprint density at radius 2 is 1.67 bits per heavy atom. The van der Waals surface area contributed by atoms with Crippen molar-refractivity contribution in [3.05, 3.63) is 83.0 Å². The predicted molar refractivity (Wildman–Crippen MR) is 169 cm³/mol. The van der Waals surface area contributed by atoms with Gasteiger partial charge >= 0.3 is 0 Å². The van der Waals surface area contributed by atoms with Crippen molar-refractivity contribution >= 4 is 23.3 Å². The Kier molecular flexibility index (Phi) is 8.51. The number of carbonyl (C=O) groups excluding carboxylic acids is 2. The molecule has 3 saturated heterocycles. The molecule has 2 aromatic carbocycles. The fourth-order valence-electron chi connectivity index (χ4n) is 6.98. The van der Waals surface area contributed by atoms with Crippen LogP contribution in [-0.2, 0) is 6.54 Å². The van der Waals surface area contributed by atoms with E-state index in [1.165, 1.54) is 5.69 Å². The van der Waals surface area contributed by atoms with Crippen LogP contribution in [-0.4, -0.2) is 80.2 Å². The summed E-state index contributed by atoms with van der Waals surface area (Å²) in [6, 6.07) is 18.5. The zero-order valence-electron chi connectivity index (χ0n) is 25.4. The molecule has 43 heavy (non-hydrogen) atoms. The predicted octanol–water partition coefficient (Wildman–Crippen LogP) is 4.01. The topological polar surface area (TPSA) is 90.0 Å². The molecule has 3 atom stereocenters. The number of aromatic nitrogens is 1. The van der Waals surface area contributed by atoms with Crippen LogP contribution in [0, 0.1) is 6.92 Å². The summed E-state index contributed by atoms with van der Waals surface area (Å²) in [4.78, 5) is 38.1. The first kappa shape index (κ1) is 29.0. The Hall–Kier alpha value is -4.11. The zero-order valence-corrected chi connectivity index (χ0v) is 25.4. The van der Waals surface area contributed by atoms with Gasteiger partial charge in [0.25, 0.3) is 11.8 Å². The van der Waals surface area contributed by atoms with Gasteiger partial charge in [0.1, 0.15) is 11.6 Å². The van der Waals surface area contributed by atoms with Crippen molar-refractivity contribution in [2.75, 3.05) is 50.1 Å². The second-order valence-electron chi connectivity index (χ2n) is 12.1. The molecule has 9 heteroatoms. The normalized spacial score (nSPS) is 21.9. The fraction of sp³-hybridized carbons (Fsp3) is 0.441. The van der Waals surface area contributed by atoms with Gasteiger partial charge in [0.05, 0.1) is 12.7 Å². The summed E-state index contributed by atoms with van der Waals surface area (Å²) < 4.78 is 5.40. The van der Waals surface area contributed by atoms with Crippen LogP contribution in [0.15, 0.2) is 60.8 Å². The van der Waals surface area contributed by atoms with E-state index in [2.05, 4.69) is 50.6 Å². The highest BCUT2D eigenvalue weighted by atomic mass is 16.5. The molecule has 3 aliphatic rings. The minimum absolute atomic E-state index is 0.0473. The molecule has 9 nitrogen and oxygen atoms in total. The number of ether oxygens (including phenoxy) is 1. The summed E-state index contributed by atoms with van der Waals surface area (Å²) >= 11 is 0. The molecular weight excluding hydrogens is 540 g/mol. The molecule has 0 radical (unpaired) electrons. The summed E-state index contributed by atoms with van der Waals surface area (Å²) in [5.41, 5.74) is 4.39. The SMILES string of the molecule is COc1cccc(C(=O)N[C@H]2C[C@H]3CC[C@@H](C2)N3c2ccc(C(=O)NCc3ccccc3N3CCN(C)CC3)cn2)c1C. The summed E-state index contributed by atoms with van der Waals surface area (Å²) in [7, 11) is 3.78. The molecule has 226 valence electrons. The van der Waals surface area contributed by atoms with E-state index in [9.17, 15) is 9.59 Å². The number of nitrogens with zero attached hydrogens (tertiary/aromatic N) is 4. The van der Waals surface area contributed by atoms with Gasteiger partial charge in [0.2, 0.25) is 0 Å². The second-order valence-corrected chi connectivity index (χ2v) is 12.1. The maximum atomic E-state index is 13.1. The van der Waals surface area contributed by atoms with E-state index in [-0.39, 0.29) is 17.9 Å². The van der Waals surface area contributed by atoms with Crippen LogP contribution in [0.2, 0.25) is 0 Å². The maximum absolute atomic E-state index is 13.1. The van der Waals surface area contributed by atoms with Gasteiger partial charge in [-0.05, 0) is 75.5 Å². The van der Waals surface area contributed by atoms with E-state index in [4.69, 9.17) is 9.72 Å². The molecule has 2 N–H and O–H groups in total. The fourth-order valence-corrected chi connectivity index (χ4v) is 6.98. The van der Waals surface area contributed by atoms with E-state index in [1.807, 2.05) is 43.3 Å². The van der Waals surface area contributed by atoms with Crippen LogP contribution < -0.4 is 25.2 Å². The summed E-state index contributed by atoms with van der Waals surface area (Å²) in [5.74, 6) is 1.46. The van der Waals surface area contributed by atoms with Crippen molar-refractivity contribution in [3.63, 3.8) is 0 Å². The molecule has 3 aromatic rings. The molecule has 0 spiro atoms. The molecule has 1 aromatic heterocycles. The van der Waals surface area contributed by atoms with E-state index < -0.39 is 0 Å². The number of amides is 2. The van der Waals surface area contributed by atoms with Crippen molar-refractivity contribution in [2.24, 2.45) is 0 Å². The van der Waals surface area contributed by atoms with Gasteiger partial charge in [0.15, 0.2) is 0 Å². The molecule has 2 bridgehead atoms. The van der Waals surface area contributed by atoms with E-state index >= 15 is 0 Å². The number of para-hydroxylation sites is 1. The summed E-state index contributed by atoms with van der Waals surface area (Å²) in [6.45, 7) is 6.44. The first-order valence-electron chi connectivity index (χ1n) is 15.4. The first-order valence-corrected chi connectivity index (χ1v) is 15.4. The van der Waals surface area contributed by atoms with Crippen LogP contribution in [0.25, 0.3) is 0 Å². The number of benzene rings is 2. The largest absolute Gasteiger partial charge is 0.496 e.